The van der Waals surface area contributed by atoms with Crippen LogP contribution in [0.3, 0.4) is 0 Å². The second-order valence-electron chi connectivity index (χ2n) is 10.3. The fraction of sp³-hybridized carbons (Fsp3) is 0.520. The van der Waals surface area contributed by atoms with Gasteiger partial charge in [-0.1, -0.05) is 13.8 Å². The van der Waals surface area contributed by atoms with Crippen molar-refractivity contribution < 1.29 is 13.9 Å². The number of ether oxygens (including phenoxy) is 1. The number of halogens is 1. The molecule has 2 atom stereocenters. The molecular formula is C25H33FN6O2. The average Bonchev–Trinajstić information content (AvgIpc) is 3.30. The first-order valence-corrected chi connectivity index (χ1v) is 11.8. The van der Waals surface area contributed by atoms with Crippen molar-refractivity contribution in [3.63, 3.8) is 0 Å². The number of amides is 1. The number of rotatable bonds is 5. The lowest BCUT2D eigenvalue weighted by molar-refractivity contribution is 0.0505. The fourth-order valence-corrected chi connectivity index (χ4v) is 4.60. The summed E-state index contributed by atoms with van der Waals surface area (Å²) in [6, 6.07) is 5.36. The minimum Gasteiger partial charge on any atom is -0.444 e. The van der Waals surface area contributed by atoms with Crippen LogP contribution in [0.4, 0.5) is 15.1 Å². The van der Waals surface area contributed by atoms with Gasteiger partial charge in [0.15, 0.2) is 5.82 Å². The number of nitrogens with one attached hydrogen (secondary N) is 2. The quantitative estimate of drug-likeness (QED) is 0.538. The summed E-state index contributed by atoms with van der Waals surface area (Å²) in [4.78, 5) is 21.0. The number of carbonyl (C=O) groups excluding carboxylic acids is 1. The third kappa shape index (κ3) is 5.29. The van der Waals surface area contributed by atoms with Crippen LogP contribution < -0.4 is 10.6 Å². The summed E-state index contributed by atoms with van der Waals surface area (Å²) < 4.78 is 22.0. The third-order valence-corrected chi connectivity index (χ3v) is 5.92. The molecule has 0 bridgehead atoms. The van der Waals surface area contributed by atoms with E-state index >= 15 is 0 Å². The number of carbonyl (C=O) groups is 1. The Morgan fingerprint density at radius 3 is 2.68 bits per heavy atom. The molecule has 1 aromatic carbocycles. The molecule has 4 rings (SSSR count). The van der Waals surface area contributed by atoms with Crippen molar-refractivity contribution >= 4 is 22.9 Å². The second kappa shape index (κ2) is 9.19. The van der Waals surface area contributed by atoms with Crippen LogP contribution >= 0.6 is 0 Å². The lowest BCUT2D eigenvalue weighted by atomic mass is 10.0. The highest BCUT2D eigenvalue weighted by Crippen LogP contribution is 2.31. The molecule has 9 heteroatoms. The summed E-state index contributed by atoms with van der Waals surface area (Å²) in [6.45, 7) is 9.67. The Balaban J connectivity index is 1.48. The van der Waals surface area contributed by atoms with E-state index in [-0.39, 0.29) is 23.8 Å². The number of hydrogen-bond donors (Lipinski definition) is 2. The Morgan fingerprint density at radius 2 is 1.97 bits per heavy atom. The minimum absolute atomic E-state index is 0.0343. The molecule has 1 amide bonds. The van der Waals surface area contributed by atoms with E-state index in [9.17, 15) is 9.18 Å². The maximum absolute atomic E-state index is 14.9. The van der Waals surface area contributed by atoms with Crippen molar-refractivity contribution in [2.24, 2.45) is 7.05 Å². The van der Waals surface area contributed by atoms with Gasteiger partial charge in [-0.2, -0.15) is 5.10 Å². The Hall–Kier alpha value is -3.23. The van der Waals surface area contributed by atoms with Crippen LogP contribution in [0.15, 0.2) is 24.4 Å². The van der Waals surface area contributed by atoms with Gasteiger partial charge < -0.3 is 15.4 Å². The van der Waals surface area contributed by atoms with Gasteiger partial charge in [0, 0.05) is 42.0 Å². The molecule has 0 aliphatic heterocycles. The zero-order valence-corrected chi connectivity index (χ0v) is 20.6. The Labute approximate surface area is 199 Å². The lowest BCUT2D eigenvalue weighted by Crippen LogP contribution is -2.38. The van der Waals surface area contributed by atoms with Crippen molar-refractivity contribution in [3.05, 3.63) is 35.9 Å². The smallest absolute Gasteiger partial charge is 0.407 e. The number of aromatic nitrogens is 4. The number of aryl methyl sites for hydroxylation is 1. The first kappa shape index (κ1) is 23.9. The maximum Gasteiger partial charge on any atom is 0.407 e. The molecule has 182 valence electrons. The highest BCUT2D eigenvalue weighted by atomic mass is 19.1. The molecule has 1 aliphatic carbocycles. The third-order valence-electron chi connectivity index (χ3n) is 5.92. The van der Waals surface area contributed by atoms with Gasteiger partial charge in [0.05, 0.1) is 5.69 Å². The van der Waals surface area contributed by atoms with Gasteiger partial charge in [-0.25, -0.2) is 19.2 Å². The Bertz CT molecular complexity index is 1200. The summed E-state index contributed by atoms with van der Waals surface area (Å²) in [5, 5.41) is 11.5. The van der Waals surface area contributed by atoms with Crippen LogP contribution in [-0.4, -0.2) is 43.5 Å². The summed E-state index contributed by atoms with van der Waals surface area (Å²) in [5.41, 5.74) is 2.15. The number of anilines is 1. The van der Waals surface area contributed by atoms with E-state index in [1.165, 1.54) is 6.07 Å². The predicted octanol–water partition coefficient (Wildman–Crippen LogP) is 5.15. The van der Waals surface area contributed by atoms with Gasteiger partial charge in [0.25, 0.3) is 0 Å². The number of benzene rings is 1. The van der Waals surface area contributed by atoms with Crippen LogP contribution in [-0.2, 0) is 11.8 Å². The zero-order valence-electron chi connectivity index (χ0n) is 20.6. The Morgan fingerprint density at radius 1 is 1.24 bits per heavy atom. The fourth-order valence-electron chi connectivity index (χ4n) is 4.60. The van der Waals surface area contributed by atoms with Crippen LogP contribution in [0, 0.1) is 5.82 Å². The summed E-state index contributed by atoms with van der Waals surface area (Å²) >= 11 is 0. The first-order valence-electron chi connectivity index (χ1n) is 11.8. The molecule has 2 heterocycles. The largest absolute Gasteiger partial charge is 0.444 e. The van der Waals surface area contributed by atoms with Crippen molar-refractivity contribution in [2.75, 3.05) is 5.32 Å². The van der Waals surface area contributed by atoms with Gasteiger partial charge in [-0.3, -0.25) is 4.68 Å². The molecule has 0 saturated heterocycles. The number of nitrogens with zero attached hydrogens (tertiary/aromatic N) is 4. The van der Waals surface area contributed by atoms with E-state index in [1.54, 1.807) is 16.9 Å². The molecule has 0 unspecified atom stereocenters. The molecule has 34 heavy (non-hydrogen) atoms. The Kier molecular flexibility index (Phi) is 6.47. The van der Waals surface area contributed by atoms with E-state index in [0.29, 0.717) is 22.7 Å². The summed E-state index contributed by atoms with van der Waals surface area (Å²) in [5.74, 6) is 0.322. The van der Waals surface area contributed by atoms with Gasteiger partial charge in [-0.05, 0) is 64.2 Å². The maximum atomic E-state index is 14.9. The molecular weight excluding hydrogens is 435 g/mol. The minimum atomic E-state index is -0.525. The zero-order chi connectivity index (χ0) is 24.6. The SMILES string of the molecule is CC(C)c1c2cc(-c3ccnc(N[C@H]4CC[C@H](NC(=O)OC(C)(C)C)C4)n3)cc(F)c2nn1C. The molecule has 8 nitrogen and oxygen atoms in total. The van der Waals surface area contributed by atoms with Crippen LogP contribution in [0.5, 0.6) is 0 Å². The monoisotopic (exact) mass is 468 g/mol. The standard InChI is InChI=1S/C25H33FN6O2/c1-14(2)22-18-11-15(12-19(26)21(18)31-32(22)6)20-9-10-27-23(30-20)28-16-7-8-17(13-16)29-24(33)34-25(3,4)5/h9-12,14,16-17H,7-8,13H2,1-6H3,(H,29,33)(H,27,28,30)/t16-,17-/m0/s1. The molecule has 2 aromatic heterocycles. The van der Waals surface area contributed by atoms with E-state index in [0.717, 1.165) is 30.3 Å². The second-order valence-corrected chi connectivity index (χ2v) is 10.3. The highest BCUT2D eigenvalue weighted by molar-refractivity contribution is 5.87. The molecule has 0 radical (unpaired) electrons. The van der Waals surface area contributed by atoms with Crippen molar-refractivity contribution in [1.82, 2.24) is 25.1 Å². The van der Waals surface area contributed by atoms with Gasteiger partial charge in [0.1, 0.15) is 11.1 Å². The molecule has 1 aliphatic rings. The van der Waals surface area contributed by atoms with Crippen LogP contribution in [0.1, 0.15) is 65.5 Å². The topological polar surface area (TPSA) is 94.0 Å². The highest BCUT2D eigenvalue weighted by Gasteiger charge is 2.28. The van der Waals surface area contributed by atoms with Gasteiger partial charge >= 0.3 is 6.09 Å². The van der Waals surface area contributed by atoms with Crippen molar-refractivity contribution in [3.8, 4) is 11.3 Å². The molecule has 1 saturated carbocycles. The van der Waals surface area contributed by atoms with Crippen LogP contribution in [0.25, 0.3) is 22.2 Å². The summed E-state index contributed by atoms with van der Waals surface area (Å²) in [6.07, 6.45) is 3.75. The van der Waals surface area contributed by atoms with E-state index < -0.39 is 11.7 Å². The van der Waals surface area contributed by atoms with Crippen molar-refractivity contribution in [2.45, 2.75) is 77.5 Å². The molecule has 0 spiro atoms. The molecule has 1 fully saturated rings. The lowest BCUT2D eigenvalue weighted by Gasteiger charge is -2.21. The van der Waals surface area contributed by atoms with E-state index in [4.69, 9.17) is 4.74 Å². The normalized spacial score (nSPS) is 18.5. The summed E-state index contributed by atoms with van der Waals surface area (Å²) in [7, 11) is 1.84. The molecule has 2 N–H and O–H groups in total. The van der Waals surface area contributed by atoms with E-state index in [1.807, 2.05) is 33.9 Å². The number of hydrogen-bond acceptors (Lipinski definition) is 6. The molecule has 3 aromatic rings. The first-order chi connectivity index (χ1) is 16.0. The van der Waals surface area contributed by atoms with Crippen molar-refractivity contribution in [1.29, 1.82) is 0 Å². The average molecular weight is 469 g/mol. The van der Waals surface area contributed by atoms with Crippen LogP contribution in [0.2, 0.25) is 0 Å². The van der Waals surface area contributed by atoms with Gasteiger partial charge in [0.2, 0.25) is 5.95 Å². The van der Waals surface area contributed by atoms with Gasteiger partial charge in [-0.15, -0.1) is 0 Å². The number of alkyl carbamates (subject to hydrolysis) is 1. The predicted molar refractivity (Wildman–Crippen MR) is 130 cm³/mol. The number of fused-ring (bicyclic) bond motifs is 1. The van der Waals surface area contributed by atoms with E-state index in [2.05, 4.69) is 39.5 Å².